The Kier molecular flexibility index (Phi) is 5.09. The van der Waals surface area contributed by atoms with E-state index in [1.54, 1.807) is 6.92 Å². The van der Waals surface area contributed by atoms with Crippen molar-refractivity contribution in [2.24, 2.45) is 11.1 Å². The third-order valence-electron chi connectivity index (χ3n) is 4.08. The van der Waals surface area contributed by atoms with E-state index in [0.717, 1.165) is 0 Å². The van der Waals surface area contributed by atoms with Crippen LogP contribution in [-0.4, -0.2) is 23.9 Å². The van der Waals surface area contributed by atoms with Gasteiger partial charge in [-0.05, 0) is 37.1 Å². The molecule has 9 nitrogen and oxygen atoms in total. The number of carbonyl (C=O) groups is 1. The Hall–Kier alpha value is -2.98. The second-order valence-electron chi connectivity index (χ2n) is 6.83. The lowest BCUT2D eigenvalue weighted by Gasteiger charge is -2.08. The van der Waals surface area contributed by atoms with Crippen molar-refractivity contribution in [3.63, 3.8) is 0 Å². The van der Waals surface area contributed by atoms with Crippen LogP contribution >= 0.6 is 0 Å². The second-order valence-corrected chi connectivity index (χ2v) is 8.39. The number of amides is 1. The summed E-state index contributed by atoms with van der Waals surface area (Å²) in [6.07, 6.45) is 1.40. The summed E-state index contributed by atoms with van der Waals surface area (Å²) in [5, 5.41) is 7.80. The molecule has 10 heteroatoms. The van der Waals surface area contributed by atoms with Crippen LogP contribution in [0.15, 0.2) is 44.7 Å². The quantitative estimate of drug-likeness (QED) is 0.666. The minimum atomic E-state index is -3.83. The summed E-state index contributed by atoms with van der Waals surface area (Å²) < 4.78 is 29.6. The number of nitrogens with two attached hydrogens (primary N) is 1. The molecule has 1 amide bonds. The van der Waals surface area contributed by atoms with Crippen LogP contribution in [0, 0.1) is 12.8 Å². The monoisotopic (exact) mass is 404 g/mol. The Labute approximate surface area is 161 Å². The van der Waals surface area contributed by atoms with Crippen molar-refractivity contribution in [3.8, 4) is 0 Å². The van der Waals surface area contributed by atoms with Crippen molar-refractivity contribution in [1.29, 1.82) is 0 Å². The van der Waals surface area contributed by atoms with Gasteiger partial charge in [-0.3, -0.25) is 14.2 Å². The molecule has 3 aromatic rings. The van der Waals surface area contributed by atoms with E-state index in [9.17, 15) is 18.0 Å². The maximum absolute atomic E-state index is 12.8. The first-order chi connectivity index (χ1) is 13.1. The average molecular weight is 404 g/mol. The lowest BCUT2D eigenvalue weighted by Crippen LogP contribution is -2.24. The summed E-state index contributed by atoms with van der Waals surface area (Å²) in [6.45, 7) is 5.97. The highest BCUT2D eigenvalue weighted by molar-refractivity contribution is 7.89. The number of carbonyl (C=O) groups excluding carboxylic acids is 1. The zero-order chi connectivity index (χ0) is 20.6. The fourth-order valence-electron chi connectivity index (χ4n) is 2.86. The number of fused-ring (bicyclic) bond motifs is 1. The molecular formula is C18H20N4O5S. The van der Waals surface area contributed by atoms with Crippen LogP contribution in [0.25, 0.3) is 11.1 Å². The molecule has 0 bridgehead atoms. The number of nitrogens with one attached hydrogen (secondary N) is 1. The van der Waals surface area contributed by atoms with Crippen molar-refractivity contribution < 1.29 is 17.6 Å². The summed E-state index contributed by atoms with van der Waals surface area (Å²) in [7, 11) is -3.83. The van der Waals surface area contributed by atoms with Gasteiger partial charge in [-0.15, -0.1) is 0 Å². The maximum atomic E-state index is 12.8. The average Bonchev–Trinajstić information content (AvgIpc) is 2.93. The zero-order valence-electron chi connectivity index (χ0n) is 15.6. The predicted molar refractivity (Wildman–Crippen MR) is 104 cm³/mol. The first-order valence-electron chi connectivity index (χ1n) is 8.50. The predicted octanol–water partition coefficient (Wildman–Crippen LogP) is 1.85. The van der Waals surface area contributed by atoms with E-state index >= 15 is 0 Å². The van der Waals surface area contributed by atoms with Crippen molar-refractivity contribution in [1.82, 2.24) is 9.55 Å². The van der Waals surface area contributed by atoms with Gasteiger partial charge in [0.1, 0.15) is 17.5 Å². The number of rotatable bonds is 5. The van der Waals surface area contributed by atoms with E-state index in [4.69, 9.17) is 9.56 Å². The first kappa shape index (κ1) is 19.8. The molecule has 0 saturated carbocycles. The first-order valence-corrected chi connectivity index (χ1v) is 10.1. The molecule has 3 N–H and O–H groups in total. The van der Waals surface area contributed by atoms with E-state index in [1.807, 2.05) is 13.8 Å². The molecule has 0 fully saturated rings. The van der Waals surface area contributed by atoms with Crippen LogP contribution in [0.4, 0.5) is 5.69 Å². The number of benzene rings is 1. The minimum absolute atomic E-state index is 0.0730. The number of sulfonamides is 1. The van der Waals surface area contributed by atoms with Gasteiger partial charge >= 0.3 is 0 Å². The number of furan rings is 1. The van der Waals surface area contributed by atoms with Gasteiger partial charge in [0.25, 0.3) is 11.5 Å². The number of hydrogen-bond acceptors (Lipinski definition) is 6. The Morgan fingerprint density at radius 1 is 1.29 bits per heavy atom. The summed E-state index contributed by atoms with van der Waals surface area (Å²) in [6, 6.07) is 5.38. The summed E-state index contributed by atoms with van der Waals surface area (Å²) in [5.74, 6) is -0.0686. The van der Waals surface area contributed by atoms with Gasteiger partial charge < -0.3 is 9.73 Å². The molecule has 0 spiro atoms. The Balaban J connectivity index is 1.99. The van der Waals surface area contributed by atoms with E-state index in [-0.39, 0.29) is 38.8 Å². The molecule has 0 unspecified atom stereocenters. The molecule has 0 aliphatic heterocycles. The topological polar surface area (TPSA) is 137 Å². The lowest BCUT2D eigenvalue weighted by atomic mass is 10.1. The van der Waals surface area contributed by atoms with Gasteiger partial charge in [0.2, 0.25) is 15.7 Å². The van der Waals surface area contributed by atoms with Crippen LogP contribution in [-0.2, 0) is 16.6 Å². The number of primary sulfonamides is 1. The molecule has 0 radical (unpaired) electrons. The van der Waals surface area contributed by atoms with Crippen molar-refractivity contribution in [2.75, 3.05) is 5.32 Å². The number of aryl methyl sites for hydroxylation is 1. The van der Waals surface area contributed by atoms with Gasteiger partial charge in [-0.2, -0.15) is 0 Å². The molecule has 148 valence electrons. The van der Waals surface area contributed by atoms with Gasteiger partial charge in [-0.1, -0.05) is 13.8 Å². The molecular weight excluding hydrogens is 384 g/mol. The molecule has 0 aliphatic carbocycles. The number of nitrogens with zero attached hydrogens (tertiary/aromatic N) is 2. The van der Waals surface area contributed by atoms with Crippen molar-refractivity contribution >= 4 is 32.7 Å². The van der Waals surface area contributed by atoms with Crippen LogP contribution in [0.3, 0.4) is 0 Å². The molecule has 0 aliphatic rings. The number of aromatic nitrogens is 2. The van der Waals surface area contributed by atoms with E-state index in [1.165, 1.54) is 35.2 Å². The maximum Gasteiger partial charge on any atom is 0.265 e. The van der Waals surface area contributed by atoms with E-state index in [0.29, 0.717) is 12.2 Å². The Bertz CT molecular complexity index is 1210. The third kappa shape index (κ3) is 3.82. The molecule has 0 saturated heterocycles. The summed E-state index contributed by atoms with van der Waals surface area (Å²) in [5.41, 5.74) is 0.182. The third-order valence-corrected chi connectivity index (χ3v) is 5.01. The highest BCUT2D eigenvalue weighted by atomic mass is 32.2. The molecule has 2 aromatic heterocycles. The Morgan fingerprint density at radius 3 is 2.50 bits per heavy atom. The highest BCUT2D eigenvalue weighted by Gasteiger charge is 2.23. The molecule has 28 heavy (non-hydrogen) atoms. The zero-order valence-corrected chi connectivity index (χ0v) is 16.4. The minimum Gasteiger partial charge on any atom is -0.442 e. The van der Waals surface area contributed by atoms with Gasteiger partial charge in [0.05, 0.1) is 10.5 Å². The molecule has 0 atom stereocenters. The van der Waals surface area contributed by atoms with Crippen LogP contribution in [0.1, 0.15) is 30.0 Å². The fourth-order valence-corrected chi connectivity index (χ4v) is 3.37. The molecule has 2 heterocycles. The molecule has 3 rings (SSSR count). The van der Waals surface area contributed by atoms with Gasteiger partial charge in [0.15, 0.2) is 0 Å². The van der Waals surface area contributed by atoms with E-state index < -0.39 is 15.9 Å². The van der Waals surface area contributed by atoms with Gasteiger partial charge in [0, 0.05) is 12.2 Å². The van der Waals surface area contributed by atoms with Gasteiger partial charge in [-0.25, -0.2) is 18.5 Å². The van der Waals surface area contributed by atoms with Crippen LogP contribution in [0.5, 0.6) is 0 Å². The second kappa shape index (κ2) is 7.21. The largest absolute Gasteiger partial charge is 0.442 e. The molecule has 1 aromatic carbocycles. The van der Waals surface area contributed by atoms with Crippen molar-refractivity contribution in [3.05, 3.63) is 52.3 Å². The van der Waals surface area contributed by atoms with Crippen LogP contribution in [0.2, 0.25) is 0 Å². The summed E-state index contributed by atoms with van der Waals surface area (Å²) >= 11 is 0. The smallest absolute Gasteiger partial charge is 0.265 e. The lowest BCUT2D eigenvalue weighted by molar-refractivity contribution is 0.102. The number of hydrogen-bond donors (Lipinski definition) is 2. The SMILES string of the molecule is Cc1oc2ncn(CC(C)C)c(=O)c2c1C(=O)Nc1ccc(S(N)(=O)=O)cc1. The highest BCUT2D eigenvalue weighted by Crippen LogP contribution is 2.23. The fraction of sp³-hybridized carbons (Fsp3) is 0.278. The normalized spacial score (nSPS) is 11.9. The number of anilines is 1. The van der Waals surface area contributed by atoms with Crippen molar-refractivity contribution in [2.45, 2.75) is 32.2 Å². The standard InChI is InChI=1S/C18H20N4O5S/c1-10(2)8-22-9-20-17-15(18(22)24)14(11(3)27-17)16(23)21-12-4-6-13(7-5-12)28(19,25)26/h4-7,9-10H,8H2,1-3H3,(H,21,23)(H2,19,25,26). The summed E-state index contributed by atoms with van der Waals surface area (Å²) in [4.78, 5) is 29.7. The van der Waals surface area contributed by atoms with E-state index in [2.05, 4.69) is 10.3 Å². The Morgan fingerprint density at radius 2 is 1.93 bits per heavy atom. The van der Waals surface area contributed by atoms with Crippen LogP contribution < -0.4 is 16.0 Å².